The molecule has 0 aromatic carbocycles. The number of aryl methyl sites for hydroxylation is 1. The monoisotopic (exact) mass is 349 g/mol. The normalized spacial score (nSPS) is 23.3. The van der Waals surface area contributed by atoms with Gasteiger partial charge in [-0.2, -0.15) is 14.5 Å². The third-order valence-corrected chi connectivity index (χ3v) is 7.06. The van der Waals surface area contributed by atoms with Gasteiger partial charge in [-0.3, -0.25) is 9.36 Å². The molecule has 24 heavy (non-hydrogen) atoms. The van der Waals surface area contributed by atoms with E-state index in [1.54, 1.807) is 21.4 Å². The third-order valence-electron chi connectivity index (χ3n) is 5.20. The largest absolute Gasteiger partial charge is 0.275 e. The van der Waals surface area contributed by atoms with Gasteiger partial charge in [-0.25, -0.2) is 8.42 Å². The zero-order valence-electron chi connectivity index (χ0n) is 13.9. The maximum atomic E-state index is 13.2. The van der Waals surface area contributed by atoms with E-state index in [0.29, 0.717) is 17.5 Å². The predicted molar refractivity (Wildman–Crippen MR) is 88.8 cm³/mol. The van der Waals surface area contributed by atoms with Crippen molar-refractivity contribution in [3.63, 3.8) is 0 Å². The Bertz CT molecular complexity index is 821. The molecule has 0 N–H and O–H groups in total. The molecule has 1 atom stereocenters. The van der Waals surface area contributed by atoms with Crippen molar-refractivity contribution >= 4 is 10.0 Å². The van der Waals surface area contributed by atoms with Gasteiger partial charge in [0, 0.05) is 31.5 Å². The lowest BCUT2D eigenvalue weighted by Gasteiger charge is -2.33. The summed E-state index contributed by atoms with van der Waals surface area (Å²) in [5.74, 6) is 0. The molecule has 0 bridgehead atoms. The van der Waals surface area contributed by atoms with Crippen LogP contribution in [0.5, 0.6) is 0 Å². The van der Waals surface area contributed by atoms with E-state index in [1.807, 2.05) is 17.9 Å². The smallest absolute Gasteiger partial charge is 0.246 e. The fourth-order valence-corrected chi connectivity index (χ4v) is 5.20. The van der Waals surface area contributed by atoms with Crippen molar-refractivity contribution in [2.24, 2.45) is 7.05 Å². The highest BCUT2D eigenvalue weighted by Crippen LogP contribution is 2.36. The Morgan fingerprint density at radius 1 is 1.04 bits per heavy atom. The summed E-state index contributed by atoms with van der Waals surface area (Å²) >= 11 is 0. The van der Waals surface area contributed by atoms with Crippen molar-refractivity contribution < 1.29 is 8.42 Å². The summed E-state index contributed by atoms with van der Waals surface area (Å²) in [4.78, 5) is 0.310. The number of sulfonamides is 1. The minimum absolute atomic E-state index is 0.135. The van der Waals surface area contributed by atoms with E-state index in [4.69, 9.17) is 0 Å². The van der Waals surface area contributed by atoms with Crippen LogP contribution in [0.3, 0.4) is 0 Å². The van der Waals surface area contributed by atoms with Gasteiger partial charge in [0.15, 0.2) is 0 Å². The summed E-state index contributed by atoms with van der Waals surface area (Å²) in [6, 6.07) is 0.230. The molecule has 2 aromatic rings. The van der Waals surface area contributed by atoms with E-state index >= 15 is 0 Å². The molecule has 3 heterocycles. The highest BCUT2D eigenvalue weighted by Gasteiger charge is 2.36. The van der Waals surface area contributed by atoms with Crippen LogP contribution in [0.1, 0.15) is 56.2 Å². The third kappa shape index (κ3) is 2.67. The molecule has 7 nitrogen and oxygen atoms in total. The summed E-state index contributed by atoms with van der Waals surface area (Å²) in [5, 5.41) is 8.50. The first kappa shape index (κ1) is 15.8. The van der Waals surface area contributed by atoms with Crippen molar-refractivity contribution in [2.75, 3.05) is 6.54 Å². The quantitative estimate of drug-likeness (QED) is 0.849. The fraction of sp³-hybridized carbons (Fsp3) is 0.625. The molecule has 2 fully saturated rings. The number of nitrogens with zero attached hydrogens (tertiary/aromatic N) is 5. The first-order valence-electron chi connectivity index (χ1n) is 8.60. The molecule has 1 unspecified atom stereocenters. The lowest BCUT2D eigenvalue weighted by atomic mass is 9.93. The Labute approximate surface area is 142 Å². The van der Waals surface area contributed by atoms with E-state index in [2.05, 4.69) is 10.2 Å². The lowest BCUT2D eigenvalue weighted by molar-refractivity contribution is 0.255. The van der Waals surface area contributed by atoms with E-state index in [9.17, 15) is 8.42 Å². The average Bonchev–Trinajstić information content (AvgIpc) is 3.15. The van der Waals surface area contributed by atoms with Crippen molar-refractivity contribution in [1.29, 1.82) is 0 Å². The summed E-state index contributed by atoms with van der Waals surface area (Å²) < 4.78 is 31.5. The molecular weight excluding hydrogens is 326 g/mol. The van der Waals surface area contributed by atoms with Crippen LogP contribution < -0.4 is 0 Å². The Hall–Kier alpha value is -1.67. The number of hydrogen-bond donors (Lipinski definition) is 0. The predicted octanol–water partition coefficient (Wildman–Crippen LogP) is 2.26. The Morgan fingerprint density at radius 3 is 2.54 bits per heavy atom. The standard InChI is InChI=1S/C16H23N5O2S/c1-19-11-13(9-17-19)16-7-2-3-8-21(16)24(22,23)15-10-18-20(12-15)14-5-4-6-14/h9-12,14,16H,2-8H2,1H3. The Balaban J connectivity index is 1.64. The molecule has 2 aliphatic rings. The van der Waals surface area contributed by atoms with Crippen LogP contribution in [0.25, 0.3) is 0 Å². The molecule has 0 spiro atoms. The van der Waals surface area contributed by atoms with Crippen molar-refractivity contribution in [3.05, 3.63) is 30.4 Å². The molecule has 1 saturated heterocycles. The van der Waals surface area contributed by atoms with Crippen LogP contribution in [0, 0.1) is 0 Å². The molecule has 8 heteroatoms. The second-order valence-electron chi connectivity index (χ2n) is 6.82. The zero-order valence-corrected chi connectivity index (χ0v) is 14.7. The maximum absolute atomic E-state index is 13.2. The first-order valence-corrected chi connectivity index (χ1v) is 10.0. The summed E-state index contributed by atoms with van der Waals surface area (Å²) in [5.41, 5.74) is 0.965. The topological polar surface area (TPSA) is 73.0 Å². The molecule has 1 aliphatic heterocycles. The van der Waals surface area contributed by atoms with E-state index in [1.165, 1.54) is 12.6 Å². The number of piperidine rings is 1. The number of aromatic nitrogens is 4. The summed E-state index contributed by atoms with van der Waals surface area (Å²) in [6.45, 7) is 0.552. The van der Waals surface area contributed by atoms with Crippen LogP contribution in [-0.2, 0) is 17.1 Å². The van der Waals surface area contributed by atoms with E-state index < -0.39 is 10.0 Å². The van der Waals surface area contributed by atoms with Gasteiger partial charge in [-0.1, -0.05) is 6.42 Å². The van der Waals surface area contributed by atoms with E-state index in [0.717, 1.165) is 37.7 Å². The summed E-state index contributed by atoms with van der Waals surface area (Å²) in [6.07, 6.45) is 13.0. The SMILES string of the molecule is Cn1cc(C2CCCCN2S(=O)(=O)c2cnn(C3CCC3)c2)cn1. The zero-order chi connectivity index (χ0) is 16.7. The fourth-order valence-electron chi connectivity index (χ4n) is 3.58. The second kappa shape index (κ2) is 6.00. The lowest BCUT2D eigenvalue weighted by Crippen LogP contribution is -2.38. The second-order valence-corrected chi connectivity index (χ2v) is 8.71. The highest BCUT2D eigenvalue weighted by atomic mass is 32.2. The molecular formula is C16H23N5O2S. The van der Waals surface area contributed by atoms with Gasteiger partial charge in [0.1, 0.15) is 4.90 Å². The first-order chi connectivity index (χ1) is 11.6. The Kier molecular flexibility index (Phi) is 3.96. The van der Waals surface area contributed by atoms with Gasteiger partial charge < -0.3 is 0 Å². The molecule has 2 aromatic heterocycles. The highest BCUT2D eigenvalue weighted by molar-refractivity contribution is 7.89. The Morgan fingerprint density at radius 2 is 1.88 bits per heavy atom. The number of rotatable bonds is 4. The van der Waals surface area contributed by atoms with Crippen LogP contribution in [-0.4, -0.2) is 38.8 Å². The van der Waals surface area contributed by atoms with Gasteiger partial charge >= 0.3 is 0 Å². The molecule has 1 saturated carbocycles. The minimum Gasteiger partial charge on any atom is -0.275 e. The van der Waals surface area contributed by atoms with Crippen molar-refractivity contribution in [3.8, 4) is 0 Å². The van der Waals surface area contributed by atoms with Crippen molar-refractivity contribution in [2.45, 2.75) is 55.5 Å². The average molecular weight is 349 g/mol. The molecule has 0 radical (unpaired) electrons. The molecule has 1 aliphatic carbocycles. The summed E-state index contributed by atoms with van der Waals surface area (Å²) in [7, 11) is -1.68. The van der Waals surface area contributed by atoms with Crippen molar-refractivity contribution in [1.82, 2.24) is 23.9 Å². The van der Waals surface area contributed by atoms with Gasteiger partial charge in [-0.05, 0) is 32.1 Å². The maximum Gasteiger partial charge on any atom is 0.246 e. The molecule has 130 valence electrons. The number of hydrogen-bond acceptors (Lipinski definition) is 4. The van der Waals surface area contributed by atoms with Gasteiger partial charge in [-0.15, -0.1) is 0 Å². The van der Waals surface area contributed by atoms with Crippen LogP contribution in [0.15, 0.2) is 29.7 Å². The van der Waals surface area contributed by atoms with Crippen LogP contribution in [0.4, 0.5) is 0 Å². The molecule has 0 amide bonds. The van der Waals surface area contributed by atoms with Gasteiger partial charge in [0.2, 0.25) is 10.0 Å². The van der Waals surface area contributed by atoms with Gasteiger partial charge in [0.05, 0.1) is 24.5 Å². The molecule has 4 rings (SSSR count). The minimum atomic E-state index is -3.53. The van der Waals surface area contributed by atoms with Crippen LogP contribution >= 0.6 is 0 Å². The van der Waals surface area contributed by atoms with Gasteiger partial charge in [0.25, 0.3) is 0 Å². The van der Waals surface area contributed by atoms with Crippen LogP contribution in [0.2, 0.25) is 0 Å². The van der Waals surface area contributed by atoms with E-state index in [-0.39, 0.29) is 6.04 Å².